The third-order valence-corrected chi connectivity index (χ3v) is 5.32. The van der Waals surface area contributed by atoms with Crippen molar-refractivity contribution in [2.75, 3.05) is 6.54 Å². The number of rotatable bonds is 6. The Labute approximate surface area is 147 Å². The van der Waals surface area contributed by atoms with E-state index < -0.39 is 17.0 Å². The predicted octanol–water partition coefficient (Wildman–Crippen LogP) is 2.69. The van der Waals surface area contributed by atoms with Crippen molar-refractivity contribution in [3.8, 4) is 0 Å². The third kappa shape index (κ3) is 4.63. The van der Waals surface area contributed by atoms with Crippen LogP contribution in [0, 0.1) is 23.5 Å². The van der Waals surface area contributed by atoms with Crippen molar-refractivity contribution < 1.29 is 18.4 Å². The average molecular weight is 352 g/mol. The number of hydrogen-bond donors (Lipinski definition) is 2. The molecule has 1 unspecified atom stereocenters. The second-order valence-electron chi connectivity index (χ2n) is 7.44. The lowest BCUT2D eigenvalue weighted by Gasteiger charge is -2.31. The Hall–Kier alpha value is -1.82. The number of benzene rings is 1. The zero-order valence-electron chi connectivity index (χ0n) is 14.7. The van der Waals surface area contributed by atoms with Gasteiger partial charge in [0.05, 0.1) is 5.41 Å². The normalized spacial score (nSPS) is 22.3. The summed E-state index contributed by atoms with van der Waals surface area (Å²) < 4.78 is 26.5. The van der Waals surface area contributed by atoms with Crippen LogP contribution in [0.5, 0.6) is 0 Å². The molecule has 4 nitrogen and oxygen atoms in total. The summed E-state index contributed by atoms with van der Waals surface area (Å²) in [5.74, 6) is -1.78. The third-order valence-electron chi connectivity index (χ3n) is 5.32. The minimum Gasteiger partial charge on any atom is -0.354 e. The molecule has 2 rings (SSSR count). The minimum atomic E-state index is -0.997. The standard InChI is InChI=1S/C19H26F2N2O2/c1-19(2,14-7-8-15(20)16(21)9-14)18(25)23-10-17(22)13-5-3-12(11-24)4-6-13/h7-9,11-13,17H,3-6,10,22H2,1-2H3,(H,23,25). The van der Waals surface area contributed by atoms with Crippen LogP contribution >= 0.6 is 0 Å². The molecule has 0 aromatic heterocycles. The van der Waals surface area contributed by atoms with Crippen molar-refractivity contribution in [1.29, 1.82) is 0 Å². The van der Waals surface area contributed by atoms with Crippen LogP contribution < -0.4 is 11.1 Å². The molecule has 1 aromatic carbocycles. The molecule has 1 aromatic rings. The molecule has 0 aliphatic heterocycles. The van der Waals surface area contributed by atoms with E-state index in [1.165, 1.54) is 6.07 Å². The fourth-order valence-electron chi connectivity index (χ4n) is 3.32. The Morgan fingerprint density at radius 2 is 1.92 bits per heavy atom. The van der Waals surface area contributed by atoms with Gasteiger partial charge in [0.2, 0.25) is 5.91 Å². The van der Waals surface area contributed by atoms with Crippen molar-refractivity contribution in [2.45, 2.75) is 51.0 Å². The molecule has 3 N–H and O–H groups in total. The molecule has 1 aliphatic rings. The zero-order valence-corrected chi connectivity index (χ0v) is 14.7. The molecule has 0 saturated heterocycles. The number of halogens is 2. The summed E-state index contributed by atoms with van der Waals surface area (Å²) in [6, 6.07) is 3.31. The molecule has 1 atom stereocenters. The number of nitrogens with one attached hydrogen (secondary N) is 1. The van der Waals surface area contributed by atoms with E-state index >= 15 is 0 Å². The van der Waals surface area contributed by atoms with E-state index in [0.29, 0.717) is 12.1 Å². The van der Waals surface area contributed by atoms with Gasteiger partial charge in [-0.1, -0.05) is 6.07 Å². The summed E-state index contributed by atoms with van der Waals surface area (Å²) in [5.41, 5.74) is 5.61. The number of aldehydes is 1. The molecular formula is C19H26F2N2O2. The van der Waals surface area contributed by atoms with Gasteiger partial charge < -0.3 is 15.8 Å². The van der Waals surface area contributed by atoms with E-state index in [9.17, 15) is 18.4 Å². The lowest BCUT2D eigenvalue weighted by molar-refractivity contribution is -0.125. The van der Waals surface area contributed by atoms with Gasteiger partial charge in [-0.15, -0.1) is 0 Å². The maximum atomic E-state index is 13.4. The average Bonchev–Trinajstić information content (AvgIpc) is 2.61. The van der Waals surface area contributed by atoms with Crippen LogP contribution in [0.2, 0.25) is 0 Å². The first kappa shape index (κ1) is 19.5. The second-order valence-corrected chi connectivity index (χ2v) is 7.44. The quantitative estimate of drug-likeness (QED) is 0.773. The second kappa shape index (κ2) is 8.04. The first-order valence-electron chi connectivity index (χ1n) is 8.70. The highest BCUT2D eigenvalue weighted by Gasteiger charge is 2.32. The number of carbonyl (C=O) groups is 2. The van der Waals surface area contributed by atoms with Gasteiger partial charge in [0, 0.05) is 18.5 Å². The molecule has 1 aliphatic carbocycles. The Bertz CT molecular complexity index is 626. The molecular weight excluding hydrogens is 326 g/mol. The van der Waals surface area contributed by atoms with E-state index in [1.54, 1.807) is 13.8 Å². The van der Waals surface area contributed by atoms with Gasteiger partial charge in [-0.05, 0) is 63.1 Å². The van der Waals surface area contributed by atoms with Crippen molar-refractivity contribution in [1.82, 2.24) is 5.32 Å². The van der Waals surface area contributed by atoms with Crippen molar-refractivity contribution in [2.24, 2.45) is 17.6 Å². The molecule has 1 amide bonds. The molecule has 1 saturated carbocycles. The smallest absolute Gasteiger partial charge is 0.230 e. The Morgan fingerprint density at radius 1 is 1.28 bits per heavy atom. The molecule has 6 heteroatoms. The molecule has 0 radical (unpaired) electrons. The lowest BCUT2D eigenvalue weighted by atomic mass is 9.79. The van der Waals surface area contributed by atoms with Crippen molar-refractivity contribution in [3.63, 3.8) is 0 Å². The van der Waals surface area contributed by atoms with Crippen molar-refractivity contribution in [3.05, 3.63) is 35.4 Å². The fraction of sp³-hybridized carbons (Fsp3) is 0.579. The summed E-state index contributed by atoms with van der Waals surface area (Å²) in [4.78, 5) is 23.3. The molecule has 0 bridgehead atoms. The van der Waals surface area contributed by atoms with Gasteiger partial charge in [-0.2, -0.15) is 0 Å². The summed E-state index contributed by atoms with van der Waals surface area (Å²) in [5, 5.41) is 2.83. The Morgan fingerprint density at radius 3 is 2.48 bits per heavy atom. The van der Waals surface area contributed by atoms with E-state index in [1.807, 2.05) is 0 Å². The van der Waals surface area contributed by atoms with Crippen LogP contribution in [0.15, 0.2) is 18.2 Å². The van der Waals surface area contributed by atoms with Gasteiger partial charge in [-0.3, -0.25) is 4.79 Å². The maximum absolute atomic E-state index is 13.4. The highest BCUT2D eigenvalue weighted by Crippen LogP contribution is 2.29. The van der Waals surface area contributed by atoms with Gasteiger partial charge in [0.15, 0.2) is 11.6 Å². The molecule has 0 spiro atoms. The first-order chi connectivity index (χ1) is 11.8. The van der Waals surface area contributed by atoms with Crippen molar-refractivity contribution >= 4 is 12.2 Å². The molecule has 25 heavy (non-hydrogen) atoms. The zero-order chi connectivity index (χ0) is 18.6. The number of amides is 1. The SMILES string of the molecule is CC(C)(C(=O)NCC(N)C1CCC(C=O)CC1)c1ccc(F)c(F)c1. The van der Waals surface area contributed by atoms with Gasteiger partial charge in [-0.25, -0.2) is 8.78 Å². The Balaban J connectivity index is 1.92. The van der Waals surface area contributed by atoms with Gasteiger partial charge in [0.1, 0.15) is 6.29 Å². The van der Waals surface area contributed by atoms with E-state index in [-0.39, 0.29) is 23.8 Å². The summed E-state index contributed by atoms with van der Waals surface area (Å²) in [7, 11) is 0. The lowest BCUT2D eigenvalue weighted by Crippen LogP contribution is -2.48. The molecule has 138 valence electrons. The van der Waals surface area contributed by atoms with E-state index in [4.69, 9.17) is 5.73 Å². The predicted molar refractivity (Wildman–Crippen MR) is 91.9 cm³/mol. The number of hydrogen-bond acceptors (Lipinski definition) is 3. The Kier molecular flexibility index (Phi) is 6.27. The van der Waals surface area contributed by atoms with Crippen LogP contribution in [0.3, 0.4) is 0 Å². The monoisotopic (exact) mass is 352 g/mol. The van der Waals surface area contributed by atoms with E-state index in [2.05, 4.69) is 5.32 Å². The molecule has 1 fully saturated rings. The van der Waals surface area contributed by atoms with E-state index in [0.717, 1.165) is 44.1 Å². The van der Waals surface area contributed by atoms with Crippen LogP contribution in [0.4, 0.5) is 8.78 Å². The first-order valence-corrected chi connectivity index (χ1v) is 8.70. The maximum Gasteiger partial charge on any atom is 0.230 e. The summed E-state index contributed by atoms with van der Waals surface area (Å²) >= 11 is 0. The van der Waals surface area contributed by atoms with Crippen LogP contribution in [0.25, 0.3) is 0 Å². The van der Waals surface area contributed by atoms with Crippen LogP contribution in [-0.4, -0.2) is 24.8 Å². The molecule has 0 heterocycles. The highest BCUT2D eigenvalue weighted by molar-refractivity contribution is 5.87. The van der Waals surface area contributed by atoms with Gasteiger partial charge in [0.25, 0.3) is 0 Å². The van der Waals surface area contributed by atoms with Gasteiger partial charge >= 0.3 is 0 Å². The number of nitrogens with two attached hydrogens (primary N) is 1. The topological polar surface area (TPSA) is 72.2 Å². The largest absolute Gasteiger partial charge is 0.354 e. The number of carbonyl (C=O) groups excluding carboxylic acids is 2. The summed E-state index contributed by atoms with van der Waals surface area (Å²) in [6.07, 6.45) is 4.46. The highest BCUT2D eigenvalue weighted by atomic mass is 19.2. The van der Waals surface area contributed by atoms with Crippen LogP contribution in [0.1, 0.15) is 45.1 Å². The fourth-order valence-corrected chi connectivity index (χ4v) is 3.32. The summed E-state index contributed by atoms with van der Waals surface area (Å²) in [6.45, 7) is 3.65. The minimum absolute atomic E-state index is 0.130. The van der Waals surface area contributed by atoms with Crippen LogP contribution in [-0.2, 0) is 15.0 Å².